The number of rotatable bonds is 7. The molecule has 9 heteroatoms. The molecule has 2 aromatic rings. The van der Waals surface area contributed by atoms with Crippen molar-refractivity contribution in [2.24, 2.45) is 0 Å². The Balaban J connectivity index is 1.77. The molecular formula is C21H24FN3O4S. The average Bonchev–Trinajstić information content (AvgIpc) is 2.75. The van der Waals surface area contributed by atoms with Gasteiger partial charge in [-0.2, -0.15) is 4.31 Å². The van der Waals surface area contributed by atoms with Crippen molar-refractivity contribution < 1.29 is 22.8 Å². The van der Waals surface area contributed by atoms with Crippen LogP contribution in [0.15, 0.2) is 67.3 Å². The molecule has 160 valence electrons. The summed E-state index contributed by atoms with van der Waals surface area (Å²) in [7, 11) is -3.81. The number of sulfonamides is 1. The van der Waals surface area contributed by atoms with E-state index in [1.54, 1.807) is 35.8 Å². The molecule has 7 nitrogen and oxygen atoms in total. The minimum absolute atomic E-state index is 0.157. The van der Waals surface area contributed by atoms with E-state index in [1.165, 1.54) is 28.6 Å². The lowest BCUT2D eigenvalue weighted by Gasteiger charge is -2.38. The largest absolute Gasteiger partial charge is 0.289 e. The molecule has 0 saturated carbocycles. The number of benzene rings is 2. The molecule has 1 aliphatic rings. The molecule has 2 atom stereocenters. The Hall–Kier alpha value is -2.59. The average molecular weight is 434 g/mol. The minimum Gasteiger partial charge on any atom is -0.289 e. The monoisotopic (exact) mass is 433 g/mol. The van der Waals surface area contributed by atoms with E-state index >= 15 is 0 Å². The Bertz CT molecular complexity index is 992. The Morgan fingerprint density at radius 2 is 1.70 bits per heavy atom. The first-order chi connectivity index (χ1) is 14.4. The molecule has 1 amide bonds. The van der Waals surface area contributed by atoms with Crippen LogP contribution in [0.2, 0.25) is 0 Å². The van der Waals surface area contributed by atoms with Crippen molar-refractivity contribution in [1.29, 1.82) is 0 Å². The predicted molar refractivity (Wildman–Crippen MR) is 111 cm³/mol. The van der Waals surface area contributed by atoms with Crippen LogP contribution < -0.4 is 5.48 Å². The van der Waals surface area contributed by atoms with E-state index in [-0.39, 0.29) is 13.1 Å². The van der Waals surface area contributed by atoms with E-state index < -0.39 is 33.0 Å². The summed E-state index contributed by atoms with van der Waals surface area (Å²) in [6.07, 6.45) is 1.29. The van der Waals surface area contributed by atoms with Crippen LogP contribution in [-0.4, -0.2) is 54.9 Å². The number of nitrogens with one attached hydrogen (secondary N) is 1. The Kier molecular flexibility index (Phi) is 6.99. The van der Waals surface area contributed by atoms with E-state index in [2.05, 4.69) is 6.58 Å². The van der Waals surface area contributed by atoms with Gasteiger partial charge in [0.25, 0.3) is 5.91 Å². The van der Waals surface area contributed by atoms with Gasteiger partial charge in [-0.25, -0.2) is 18.3 Å². The van der Waals surface area contributed by atoms with Crippen LogP contribution >= 0.6 is 0 Å². The summed E-state index contributed by atoms with van der Waals surface area (Å²) in [6.45, 7) is 4.52. The molecule has 0 aromatic heterocycles. The lowest BCUT2D eigenvalue weighted by Crippen LogP contribution is -2.52. The second-order valence-electron chi connectivity index (χ2n) is 6.98. The minimum atomic E-state index is -3.81. The Morgan fingerprint density at radius 1 is 1.07 bits per heavy atom. The lowest BCUT2D eigenvalue weighted by molar-refractivity contribution is -0.135. The molecule has 2 aromatic carbocycles. The first-order valence-electron chi connectivity index (χ1n) is 9.48. The van der Waals surface area contributed by atoms with Gasteiger partial charge in [-0.15, -0.1) is 6.58 Å². The molecule has 1 heterocycles. The molecule has 0 spiro atoms. The molecule has 0 radical (unpaired) electrons. The van der Waals surface area contributed by atoms with Crippen LogP contribution in [0.4, 0.5) is 4.39 Å². The first-order valence-corrected chi connectivity index (χ1v) is 11.0. The number of carbonyl (C=O) groups is 1. The zero-order chi connectivity index (χ0) is 21.7. The van der Waals surface area contributed by atoms with Crippen LogP contribution in [0.25, 0.3) is 0 Å². The fraction of sp³-hybridized carbons (Fsp3) is 0.286. The van der Waals surface area contributed by atoms with Gasteiger partial charge in [0.05, 0.1) is 0 Å². The van der Waals surface area contributed by atoms with Crippen LogP contribution in [0, 0.1) is 5.82 Å². The van der Waals surface area contributed by atoms with E-state index in [4.69, 9.17) is 5.21 Å². The molecule has 1 saturated heterocycles. The topological polar surface area (TPSA) is 90.0 Å². The van der Waals surface area contributed by atoms with Crippen molar-refractivity contribution in [3.63, 3.8) is 0 Å². The van der Waals surface area contributed by atoms with Gasteiger partial charge in [-0.1, -0.05) is 48.5 Å². The molecular weight excluding hydrogens is 409 g/mol. The van der Waals surface area contributed by atoms with Gasteiger partial charge in [0, 0.05) is 26.2 Å². The Morgan fingerprint density at radius 3 is 2.27 bits per heavy atom. The highest BCUT2D eigenvalue weighted by Crippen LogP contribution is 2.30. The molecule has 1 aliphatic heterocycles. The van der Waals surface area contributed by atoms with Crippen molar-refractivity contribution in [3.05, 3.63) is 84.2 Å². The fourth-order valence-corrected chi connectivity index (χ4v) is 5.44. The van der Waals surface area contributed by atoms with Crippen LogP contribution in [-0.2, 0) is 14.8 Å². The molecule has 1 fully saturated rings. The summed E-state index contributed by atoms with van der Waals surface area (Å²) in [4.78, 5) is 14.1. The SMILES string of the molecule is C=CC(c1cccc(F)c1)S(=O)(=O)N1CCN(C(C(=O)NO)c2ccccc2)CC1. The number of halogens is 1. The number of nitrogens with zero attached hydrogens (tertiary/aromatic N) is 2. The van der Waals surface area contributed by atoms with Crippen molar-refractivity contribution in [2.75, 3.05) is 26.2 Å². The number of hydrogen-bond donors (Lipinski definition) is 2. The summed E-state index contributed by atoms with van der Waals surface area (Å²) >= 11 is 0. The Labute approximate surface area is 175 Å². The maximum absolute atomic E-state index is 13.6. The number of hydroxylamine groups is 1. The molecule has 2 N–H and O–H groups in total. The third-order valence-electron chi connectivity index (χ3n) is 5.18. The van der Waals surface area contributed by atoms with Gasteiger partial charge in [-0.3, -0.25) is 14.9 Å². The maximum Gasteiger partial charge on any atom is 0.265 e. The summed E-state index contributed by atoms with van der Waals surface area (Å²) in [5.74, 6) is -1.10. The molecule has 3 rings (SSSR count). The quantitative estimate of drug-likeness (QED) is 0.397. The second kappa shape index (κ2) is 9.48. The molecule has 0 bridgehead atoms. The normalized spacial score (nSPS) is 17.8. The number of carbonyl (C=O) groups excluding carboxylic acids is 1. The zero-order valence-corrected chi connectivity index (χ0v) is 17.1. The third kappa shape index (κ3) is 4.59. The second-order valence-corrected chi connectivity index (χ2v) is 9.03. The van der Waals surface area contributed by atoms with Gasteiger partial charge in [0.1, 0.15) is 17.1 Å². The molecule has 2 unspecified atom stereocenters. The van der Waals surface area contributed by atoms with Gasteiger partial charge in [-0.05, 0) is 23.3 Å². The van der Waals surface area contributed by atoms with Crippen LogP contribution in [0.1, 0.15) is 22.4 Å². The van der Waals surface area contributed by atoms with Gasteiger partial charge >= 0.3 is 0 Å². The summed E-state index contributed by atoms with van der Waals surface area (Å²) in [5, 5.41) is 8.09. The van der Waals surface area contributed by atoms with Crippen molar-refractivity contribution in [3.8, 4) is 0 Å². The predicted octanol–water partition coefficient (Wildman–Crippen LogP) is 2.25. The van der Waals surface area contributed by atoms with Crippen molar-refractivity contribution in [2.45, 2.75) is 11.3 Å². The summed E-state index contributed by atoms with van der Waals surface area (Å²) in [5.41, 5.74) is 2.71. The fourth-order valence-electron chi connectivity index (χ4n) is 3.71. The van der Waals surface area contributed by atoms with E-state index in [0.717, 1.165) is 0 Å². The van der Waals surface area contributed by atoms with Crippen LogP contribution in [0.5, 0.6) is 0 Å². The highest BCUT2D eigenvalue weighted by molar-refractivity contribution is 7.89. The highest BCUT2D eigenvalue weighted by Gasteiger charge is 2.37. The first kappa shape index (κ1) is 22.1. The van der Waals surface area contributed by atoms with Gasteiger partial charge in [0.2, 0.25) is 10.0 Å². The lowest BCUT2D eigenvalue weighted by atomic mass is 10.0. The van der Waals surface area contributed by atoms with Gasteiger partial charge < -0.3 is 0 Å². The smallest absolute Gasteiger partial charge is 0.265 e. The number of piperazine rings is 1. The van der Waals surface area contributed by atoms with Crippen LogP contribution in [0.3, 0.4) is 0 Å². The standard InChI is InChI=1S/C21H24FN3O4S/c1-2-19(17-9-6-10-18(22)15-17)30(28,29)25-13-11-24(12-14-25)20(21(26)23-27)16-7-4-3-5-8-16/h2-10,15,19-20,27H,1,11-14H2,(H,23,26). The molecule has 30 heavy (non-hydrogen) atoms. The van der Waals surface area contributed by atoms with E-state index in [1.807, 2.05) is 11.0 Å². The zero-order valence-electron chi connectivity index (χ0n) is 16.3. The van der Waals surface area contributed by atoms with E-state index in [9.17, 15) is 17.6 Å². The molecule has 0 aliphatic carbocycles. The van der Waals surface area contributed by atoms with Crippen molar-refractivity contribution >= 4 is 15.9 Å². The third-order valence-corrected chi connectivity index (χ3v) is 7.38. The number of amides is 1. The van der Waals surface area contributed by atoms with Gasteiger partial charge in [0.15, 0.2) is 0 Å². The highest BCUT2D eigenvalue weighted by atomic mass is 32.2. The van der Waals surface area contributed by atoms with E-state index in [0.29, 0.717) is 24.2 Å². The summed E-state index contributed by atoms with van der Waals surface area (Å²) < 4.78 is 41.2. The van der Waals surface area contributed by atoms with Crippen molar-refractivity contribution in [1.82, 2.24) is 14.7 Å². The summed E-state index contributed by atoms with van der Waals surface area (Å²) in [6, 6.07) is 13.7. The number of hydrogen-bond acceptors (Lipinski definition) is 5. The maximum atomic E-state index is 13.6.